The number of aryl methyl sites for hydroxylation is 2. The molecule has 1 amide bonds. The quantitative estimate of drug-likeness (QED) is 0.752. The average Bonchev–Trinajstić information content (AvgIpc) is 2.89. The van der Waals surface area contributed by atoms with E-state index in [0.29, 0.717) is 26.3 Å². The molecule has 3 rings (SSSR count). The number of benzene rings is 1. The lowest BCUT2D eigenvalue weighted by Gasteiger charge is -2.09. The first-order chi connectivity index (χ1) is 12.2. The Morgan fingerprint density at radius 1 is 1.27 bits per heavy atom. The average molecular weight is 383 g/mol. The molecule has 0 saturated carbocycles. The summed E-state index contributed by atoms with van der Waals surface area (Å²) in [5, 5.41) is 2.96. The molecule has 0 aliphatic heterocycles. The number of aromatic nitrogens is 2. The molecule has 0 aliphatic carbocycles. The van der Waals surface area contributed by atoms with Crippen LogP contribution in [0.4, 0.5) is 18.9 Å². The molecule has 0 unspecified atom stereocenters. The van der Waals surface area contributed by atoms with Gasteiger partial charge in [-0.3, -0.25) is 9.59 Å². The molecule has 2 heterocycles. The van der Waals surface area contributed by atoms with Crippen molar-refractivity contribution in [1.29, 1.82) is 0 Å². The van der Waals surface area contributed by atoms with Crippen molar-refractivity contribution in [3.63, 3.8) is 0 Å². The van der Waals surface area contributed by atoms with Gasteiger partial charge in [-0.2, -0.15) is 0 Å². The Bertz CT molecular complexity index is 1040. The number of anilines is 1. The molecule has 10 heteroatoms. The predicted octanol–water partition coefficient (Wildman–Crippen LogP) is 3.45. The van der Waals surface area contributed by atoms with Crippen LogP contribution in [-0.2, 0) is 7.05 Å². The summed E-state index contributed by atoms with van der Waals surface area (Å²) in [5.74, 6) is -0.863. The van der Waals surface area contributed by atoms with Crippen molar-refractivity contribution in [3.8, 4) is 5.75 Å². The van der Waals surface area contributed by atoms with Gasteiger partial charge in [0.1, 0.15) is 10.6 Å². The fourth-order valence-corrected chi connectivity index (χ4v) is 3.39. The van der Waals surface area contributed by atoms with Crippen LogP contribution in [0.3, 0.4) is 0 Å². The lowest BCUT2D eigenvalue weighted by Crippen LogP contribution is -2.17. The van der Waals surface area contributed by atoms with Crippen molar-refractivity contribution in [1.82, 2.24) is 9.55 Å². The molecule has 0 saturated heterocycles. The molecule has 0 spiro atoms. The van der Waals surface area contributed by atoms with Gasteiger partial charge in [0.15, 0.2) is 0 Å². The first-order valence-corrected chi connectivity index (χ1v) is 8.09. The number of carbonyl (C=O) groups is 1. The van der Waals surface area contributed by atoms with Gasteiger partial charge in [-0.05, 0) is 36.8 Å². The first kappa shape index (κ1) is 17.9. The van der Waals surface area contributed by atoms with E-state index in [-0.39, 0.29) is 11.3 Å². The smallest absolute Gasteiger partial charge is 0.406 e. The summed E-state index contributed by atoms with van der Waals surface area (Å²) in [6.07, 6.45) is -3.40. The fraction of sp³-hybridized carbons (Fsp3) is 0.188. The van der Waals surface area contributed by atoms with E-state index >= 15 is 0 Å². The van der Waals surface area contributed by atoms with Crippen LogP contribution >= 0.6 is 11.3 Å². The number of carbonyl (C=O) groups excluding carboxylic acids is 1. The third-order valence-corrected chi connectivity index (χ3v) is 4.76. The maximum absolute atomic E-state index is 12.5. The van der Waals surface area contributed by atoms with Gasteiger partial charge >= 0.3 is 6.36 Å². The molecular weight excluding hydrogens is 371 g/mol. The number of halogens is 3. The van der Waals surface area contributed by atoms with E-state index in [4.69, 9.17) is 0 Å². The van der Waals surface area contributed by atoms with Crippen LogP contribution in [0.25, 0.3) is 10.2 Å². The Morgan fingerprint density at radius 2 is 1.92 bits per heavy atom. The Balaban J connectivity index is 1.85. The van der Waals surface area contributed by atoms with E-state index in [1.807, 2.05) is 0 Å². The molecule has 0 bridgehead atoms. The third kappa shape index (κ3) is 3.54. The van der Waals surface area contributed by atoms with Gasteiger partial charge in [-0.25, -0.2) is 4.98 Å². The molecule has 1 N–H and O–H groups in total. The lowest BCUT2D eigenvalue weighted by molar-refractivity contribution is -0.274. The van der Waals surface area contributed by atoms with E-state index in [9.17, 15) is 22.8 Å². The number of ether oxygens (including phenoxy) is 1. The Morgan fingerprint density at radius 3 is 2.54 bits per heavy atom. The number of alkyl halides is 3. The summed E-state index contributed by atoms with van der Waals surface area (Å²) in [4.78, 5) is 29.5. The standard InChI is InChI=1S/C16H12F3N3O3S/c1-8-11-14(20-7-22(2)15(11)24)26-12(8)13(23)21-9-3-5-10(6-4-9)25-16(17,18)19/h3-7H,1-2H3,(H,21,23). The number of thiophene rings is 1. The molecule has 2 aromatic heterocycles. The summed E-state index contributed by atoms with van der Waals surface area (Å²) in [5.41, 5.74) is 0.548. The Labute approximate surface area is 148 Å². The SMILES string of the molecule is Cc1c(C(=O)Nc2ccc(OC(F)(F)F)cc2)sc2ncn(C)c(=O)c12. The summed E-state index contributed by atoms with van der Waals surface area (Å²) in [7, 11) is 1.57. The van der Waals surface area contributed by atoms with Crippen LogP contribution in [-0.4, -0.2) is 21.8 Å². The number of amides is 1. The summed E-state index contributed by atoms with van der Waals surface area (Å²) in [6, 6.07) is 4.77. The van der Waals surface area contributed by atoms with E-state index in [0.717, 1.165) is 23.5 Å². The van der Waals surface area contributed by atoms with Gasteiger partial charge in [0.25, 0.3) is 11.5 Å². The van der Waals surface area contributed by atoms with Crippen LogP contribution in [0.1, 0.15) is 15.2 Å². The van der Waals surface area contributed by atoms with Crippen molar-refractivity contribution < 1.29 is 22.7 Å². The highest BCUT2D eigenvalue weighted by Crippen LogP contribution is 2.28. The molecule has 0 fully saturated rings. The van der Waals surface area contributed by atoms with Gasteiger partial charge in [0.05, 0.1) is 16.6 Å². The van der Waals surface area contributed by atoms with Crippen LogP contribution in [0.2, 0.25) is 0 Å². The zero-order valence-electron chi connectivity index (χ0n) is 13.5. The van der Waals surface area contributed by atoms with Gasteiger partial charge < -0.3 is 14.6 Å². The highest BCUT2D eigenvalue weighted by atomic mass is 32.1. The molecule has 1 aromatic carbocycles. The van der Waals surface area contributed by atoms with Crippen molar-refractivity contribution >= 4 is 33.1 Å². The van der Waals surface area contributed by atoms with Crippen LogP contribution < -0.4 is 15.6 Å². The van der Waals surface area contributed by atoms with Gasteiger partial charge in [0.2, 0.25) is 0 Å². The van der Waals surface area contributed by atoms with Crippen LogP contribution in [0, 0.1) is 6.92 Å². The minimum Gasteiger partial charge on any atom is -0.406 e. The summed E-state index contributed by atoms with van der Waals surface area (Å²) < 4.78 is 41.6. The van der Waals surface area contributed by atoms with Gasteiger partial charge in [-0.1, -0.05) is 0 Å². The lowest BCUT2D eigenvalue weighted by atomic mass is 10.2. The van der Waals surface area contributed by atoms with Crippen molar-refractivity contribution in [3.05, 3.63) is 51.4 Å². The minimum atomic E-state index is -4.78. The van der Waals surface area contributed by atoms with E-state index in [2.05, 4.69) is 15.0 Å². The van der Waals surface area contributed by atoms with Gasteiger partial charge in [-0.15, -0.1) is 24.5 Å². The van der Waals surface area contributed by atoms with Crippen molar-refractivity contribution in [2.45, 2.75) is 13.3 Å². The first-order valence-electron chi connectivity index (χ1n) is 7.27. The van der Waals surface area contributed by atoms with Gasteiger partial charge in [0, 0.05) is 12.7 Å². The van der Waals surface area contributed by atoms with Crippen molar-refractivity contribution in [2.75, 3.05) is 5.32 Å². The molecule has 26 heavy (non-hydrogen) atoms. The van der Waals surface area contributed by atoms with E-state index in [1.54, 1.807) is 14.0 Å². The molecule has 136 valence electrons. The largest absolute Gasteiger partial charge is 0.573 e. The number of fused-ring (bicyclic) bond motifs is 1. The van der Waals surface area contributed by atoms with Crippen molar-refractivity contribution in [2.24, 2.45) is 7.05 Å². The predicted molar refractivity (Wildman–Crippen MR) is 90.7 cm³/mol. The monoisotopic (exact) mass is 383 g/mol. The molecule has 0 radical (unpaired) electrons. The number of nitrogens with zero attached hydrogens (tertiary/aromatic N) is 2. The molecule has 0 aliphatic rings. The Kier molecular flexibility index (Phi) is 4.45. The maximum atomic E-state index is 12.5. The second kappa shape index (κ2) is 6.45. The fourth-order valence-electron chi connectivity index (χ4n) is 2.35. The van der Waals surface area contributed by atoms with E-state index in [1.165, 1.54) is 23.0 Å². The second-order valence-corrected chi connectivity index (χ2v) is 6.42. The zero-order valence-corrected chi connectivity index (χ0v) is 14.4. The highest BCUT2D eigenvalue weighted by Gasteiger charge is 2.31. The van der Waals surface area contributed by atoms with Crippen LogP contribution in [0.15, 0.2) is 35.4 Å². The summed E-state index contributed by atoms with van der Waals surface area (Å²) >= 11 is 1.08. The summed E-state index contributed by atoms with van der Waals surface area (Å²) in [6.45, 7) is 1.65. The molecule has 0 atom stereocenters. The third-order valence-electron chi connectivity index (χ3n) is 3.56. The highest BCUT2D eigenvalue weighted by molar-refractivity contribution is 7.20. The van der Waals surface area contributed by atoms with Crippen LogP contribution in [0.5, 0.6) is 5.75 Å². The van der Waals surface area contributed by atoms with E-state index < -0.39 is 12.3 Å². The Hall–Kier alpha value is -2.88. The number of rotatable bonds is 3. The molecule has 6 nitrogen and oxygen atoms in total. The zero-order chi connectivity index (χ0) is 19.1. The number of nitrogens with one attached hydrogen (secondary N) is 1. The molecule has 3 aromatic rings. The number of hydrogen-bond acceptors (Lipinski definition) is 5. The normalized spacial score (nSPS) is 11.6. The minimum absolute atomic E-state index is 0.253. The molecular formula is C16H12F3N3O3S. The topological polar surface area (TPSA) is 73.2 Å². The maximum Gasteiger partial charge on any atom is 0.573 e. The number of hydrogen-bond donors (Lipinski definition) is 1. The second-order valence-electron chi connectivity index (χ2n) is 5.42.